The van der Waals surface area contributed by atoms with Crippen molar-refractivity contribution in [1.82, 2.24) is 10.3 Å². The highest BCUT2D eigenvalue weighted by atomic mass is 79.9. The number of halogens is 2. The van der Waals surface area contributed by atoms with E-state index in [1.807, 2.05) is 18.2 Å². The zero-order valence-corrected chi connectivity index (χ0v) is 13.4. The molecule has 3 rings (SSSR count). The fraction of sp³-hybridized carbons (Fsp3) is 0.308. The number of anilines is 1. The molecule has 2 heterocycles. The molecule has 1 aromatic carbocycles. The highest BCUT2D eigenvalue weighted by molar-refractivity contribution is 9.10. The highest BCUT2D eigenvalue weighted by Crippen LogP contribution is 2.33. The van der Waals surface area contributed by atoms with Crippen LogP contribution >= 0.6 is 38.9 Å². The van der Waals surface area contributed by atoms with Gasteiger partial charge in [0.15, 0.2) is 5.13 Å². The van der Waals surface area contributed by atoms with Crippen LogP contribution in [-0.2, 0) is 0 Å². The van der Waals surface area contributed by atoms with Crippen molar-refractivity contribution in [2.45, 2.75) is 0 Å². The van der Waals surface area contributed by atoms with Crippen molar-refractivity contribution in [3.05, 3.63) is 33.1 Å². The molecule has 1 aliphatic rings. The Balaban J connectivity index is 1.87. The molecule has 19 heavy (non-hydrogen) atoms. The highest BCUT2D eigenvalue weighted by Gasteiger charge is 2.15. The summed E-state index contributed by atoms with van der Waals surface area (Å²) in [6.45, 7) is 4.07. The van der Waals surface area contributed by atoms with Crippen molar-refractivity contribution >= 4 is 44.0 Å². The van der Waals surface area contributed by atoms with E-state index in [4.69, 9.17) is 16.6 Å². The molecule has 0 amide bonds. The summed E-state index contributed by atoms with van der Waals surface area (Å²) >= 11 is 11.4. The Kier molecular flexibility index (Phi) is 4.07. The molecule has 100 valence electrons. The second kappa shape index (κ2) is 5.79. The van der Waals surface area contributed by atoms with E-state index in [0.717, 1.165) is 52.1 Å². The summed E-state index contributed by atoms with van der Waals surface area (Å²) in [4.78, 5) is 7.03. The normalized spacial score (nSPS) is 15.8. The van der Waals surface area contributed by atoms with Gasteiger partial charge in [-0.2, -0.15) is 0 Å². The number of nitrogens with zero attached hydrogens (tertiary/aromatic N) is 2. The van der Waals surface area contributed by atoms with Crippen LogP contribution in [0.25, 0.3) is 11.3 Å². The summed E-state index contributed by atoms with van der Waals surface area (Å²) in [5, 5.41) is 7.23. The van der Waals surface area contributed by atoms with Gasteiger partial charge in [0.05, 0.1) is 10.7 Å². The van der Waals surface area contributed by atoms with Crippen molar-refractivity contribution in [3.63, 3.8) is 0 Å². The van der Waals surface area contributed by atoms with Crippen molar-refractivity contribution < 1.29 is 0 Å². The quantitative estimate of drug-likeness (QED) is 0.888. The minimum atomic E-state index is 0.728. The average molecular weight is 359 g/mol. The molecule has 0 spiro atoms. The van der Waals surface area contributed by atoms with E-state index in [9.17, 15) is 0 Å². The minimum Gasteiger partial charge on any atom is -0.346 e. The Bertz CT molecular complexity index is 581. The molecular weight excluding hydrogens is 346 g/mol. The van der Waals surface area contributed by atoms with E-state index in [1.165, 1.54) is 0 Å². The second-order valence-electron chi connectivity index (χ2n) is 4.38. The van der Waals surface area contributed by atoms with Crippen LogP contribution in [0.4, 0.5) is 5.13 Å². The number of nitrogens with one attached hydrogen (secondary N) is 1. The maximum Gasteiger partial charge on any atom is 0.185 e. The molecule has 3 nitrogen and oxygen atoms in total. The first-order valence-corrected chi connectivity index (χ1v) is 8.16. The fourth-order valence-electron chi connectivity index (χ4n) is 2.09. The van der Waals surface area contributed by atoms with E-state index in [-0.39, 0.29) is 0 Å². The molecule has 0 atom stereocenters. The van der Waals surface area contributed by atoms with Crippen LogP contribution in [0.15, 0.2) is 28.1 Å². The standard InChI is InChI=1S/C13H13BrClN3S/c14-9-1-2-10(11(15)7-9)12-8-19-13(17-12)18-5-3-16-4-6-18/h1-2,7-8,16H,3-6H2. The SMILES string of the molecule is Clc1cc(Br)ccc1-c1csc(N2CCNCC2)n1. The number of rotatable bonds is 2. The number of hydrogen-bond donors (Lipinski definition) is 1. The molecular formula is C13H13BrClN3S. The lowest BCUT2D eigenvalue weighted by molar-refractivity contribution is 0.588. The Labute approximate surface area is 129 Å². The molecule has 1 aromatic heterocycles. The zero-order chi connectivity index (χ0) is 13.2. The van der Waals surface area contributed by atoms with Gasteiger partial charge in [0, 0.05) is 41.6 Å². The third-order valence-electron chi connectivity index (χ3n) is 3.09. The third-order valence-corrected chi connectivity index (χ3v) is 4.79. The Morgan fingerprint density at radius 2 is 2.11 bits per heavy atom. The van der Waals surface area contributed by atoms with Crippen LogP contribution < -0.4 is 10.2 Å². The van der Waals surface area contributed by atoms with Gasteiger partial charge < -0.3 is 10.2 Å². The predicted molar refractivity (Wildman–Crippen MR) is 85.3 cm³/mol. The lowest BCUT2D eigenvalue weighted by atomic mass is 10.2. The van der Waals surface area contributed by atoms with Gasteiger partial charge in [-0.3, -0.25) is 0 Å². The maximum atomic E-state index is 6.27. The molecule has 0 aliphatic carbocycles. The number of thiazole rings is 1. The summed E-state index contributed by atoms with van der Waals surface area (Å²) < 4.78 is 0.985. The molecule has 0 bridgehead atoms. The van der Waals surface area contributed by atoms with Crippen LogP contribution in [0.1, 0.15) is 0 Å². The van der Waals surface area contributed by atoms with Crippen molar-refractivity contribution in [1.29, 1.82) is 0 Å². The first kappa shape index (κ1) is 13.4. The van der Waals surface area contributed by atoms with Crippen LogP contribution in [-0.4, -0.2) is 31.2 Å². The molecule has 1 N–H and O–H groups in total. The molecule has 1 saturated heterocycles. The first-order chi connectivity index (χ1) is 9.24. The van der Waals surface area contributed by atoms with Gasteiger partial charge in [-0.15, -0.1) is 11.3 Å². The minimum absolute atomic E-state index is 0.728. The van der Waals surface area contributed by atoms with Crippen LogP contribution in [0.2, 0.25) is 5.02 Å². The van der Waals surface area contributed by atoms with Crippen molar-refractivity contribution in [3.8, 4) is 11.3 Å². The summed E-state index contributed by atoms with van der Waals surface area (Å²) in [5.74, 6) is 0. The van der Waals surface area contributed by atoms with E-state index in [2.05, 4.69) is 31.5 Å². The van der Waals surface area contributed by atoms with E-state index in [0.29, 0.717) is 0 Å². The monoisotopic (exact) mass is 357 g/mol. The van der Waals surface area contributed by atoms with Gasteiger partial charge in [-0.05, 0) is 12.1 Å². The summed E-state index contributed by atoms with van der Waals surface area (Å²) in [6, 6.07) is 5.90. The molecule has 1 aliphatic heterocycles. The van der Waals surface area contributed by atoms with Crippen molar-refractivity contribution in [2.24, 2.45) is 0 Å². The average Bonchev–Trinajstić information content (AvgIpc) is 2.89. The van der Waals surface area contributed by atoms with Crippen LogP contribution in [0, 0.1) is 0 Å². The Hall–Kier alpha value is -0.620. The van der Waals surface area contributed by atoms with E-state index >= 15 is 0 Å². The van der Waals surface area contributed by atoms with Gasteiger partial charge in [-0.1, -0.05) is 33.6 Å². The van der Waals surface area contributed by atoms with Gasteiger partial charge in [-0.25, -0.2) is 4.98 Å². The first-order valence-electron chi connectivity index (χ1n) is 6.10. The molecule has 1 fully saturated rings. The van der Waals surface area contributed by atoms with Crippen molar-refractivity contribution in [2.75, 3.05) is 31.1 Å². The molecule has 0 saturated carbocycles. The maximum absolute atomic E-state index is 6.27. The smallest absolute Gasteiger partial charge is 0.185 e. The predicted octanol–water partition coefficient (Wildman–Crippen LogP) is 3.64. The molecule has 2 aromatic rings. The number of hydrogen-bond acceptors (Lipinski definition) is 4. The molecule has 0 unspecified atom stereocenters. The molecule has 0 radical (unpaired) electrons. The van der Waals surface area contributed by atoms with Crippen LogP contribution in [0.5, 0.6) is 0 Å². The lowest BCUT2D eigenvalue weighted by Gasteiger charge is -2.26. The van der Waals surface area contributed by atoms with E-state index < -0.39 is 0 Å². The fourth-order valence-corrected chi connectivity index (χ4v) is 3.74. The summed E-state index contributed by atoms with van der Waals surface area (Å²) in [5.41, 5.74) is 1.94. The second-order valence-corrected chi connectivity index (χ2v) is 6.54. The summed E-state index contributed by atoms with van der Waals surface area (Å²) in [7, 11) is 0. The van der Waals surface area contributed by atoms with E-state index in [1.54, 1.807) is 11.3 Å². The van der Waals surface area contributed by atoms with Gasteiger partial charge in [0.1, 0.15) is 0 Å². The number of aromatic nitrogens is 1. The number of piperazine rings is 1. The Morgan fingerprint density at radius 1 is 1.32 bits per heavy atom. The topological polar surface area (TPSA) is 28.2 Å². The van der Waals surface area contributed by atoms with Crippen LogP contribution in [0.3, 0.4) is 0 Å². The summed E-state index contributed by atoms with van der Waals surface area (Å²) in [6.07, 6.45) is 0. The Morgan fingerprint density at radius 3 is 2.84 bits per heavy atom. The molecule has 6 heteroatoms. The number of benzene rings is 1. The zero-order valence-electron chi connectivity index (χ0n) is 10.2. The largest absolute Gasteiger partial charge is 0.346 e. The lowest BCUT2D eigenvalue weighted by Crippen LogP contribution is -2.43. The van der Waals surface area contributed by atoms with Gasteiger partial charge >= 0.3 is 0 Å². The van der Waals surface area contributed by atoms with Gasteiger partial charge in [0.2, 0.25) is 0 Å². The van der Waals surface area contributed by atoms with Gasteiger partial charge in [0.25, 0.3) is 0 Å². The third kappa shape index (κ3) is 2.94.